The van der Waals surface area contributed by atoms with Crippen LogP contribution in [0.25, 0.3) is 0 Å². The van der Waals surface area contributed by atoms with E-state index < -0.39 is 0 Å². The summed E-state index contributed by atoms with van der Waals surface area (Å²) >= 11 is 0. The lowest BCUT2D eigenvalue weighted by Gasteiger charge is -2.16. The molecule has 56 valence electrons. The number of hydrogen-bond acceptors (Lipinski definition) is 2. The first kappa shape index (κ1) is 7.70. The molecule has 0 aliphatic carbocycles. The predicted molar refractivity (Wildman–Crippen MR) is 43.4 cm³/mol. The normalized spacial score (nSPS) is 25.2. The number of likely N-dealkylation sites (N-methyl/N-ethyl adjacent to an activating group) is 1. The van der Waals surface area contributed by atoms with E-state index in [2.05, 4.69) is 14.7 Å². The summed E-state index contributed by atoms with van der Waals surface area (Å²) in [5.41, 5.74) is 0. The van der Waals surface area contributed by atoms with Gasteiger partial charge in [-0.2, -0.15) is 0 Å². The Balaban J connectivity index is 2.55. The first-order chi connectivity index (χ1) is 4.75. The van der Waals surface area contributed by atoms with Gasteiger partial charge in [-0.15, -0.1) is 0 Å². The zero-order valence-electron chi connectivity index (χ0n) is 5.87. The van der Waals surface area contributed by atoms with Crippen LogP contribution in [0, 0.1) is 0 Å². The van der Waals surface area contributed by atoms with Crippen LogP contribution in [0.15, 0.2) is 12.2 Å². The maximum absolute atomic E-state index is 11.0. The molecule has 1 N–H and O–H groups in total. The van der Waals surface area contributed by atoms with Gasteiger partial charge in [0, 0.05) is 13.6 Å². The number of amides is 1. The molecule has 0 aromatic heterocycles. The van der Waals surface area contributed by atoms with Gasteiger partial charge in [0.1, 0.15) is 6.04 Å². The van der Waals surface area contributed by atoms with Crippen molar-refractivity contribution >= 4 is 15.3 Å². The molecule has 0 spiro atoms. The maximum Gasteiger partial charge on any atom is 0.241 e. The molecule has 1 aliphatic rings. The second-order valence-electron chi connectivity index (χ2n) is 2.18. The first-order valence-electron chi connectivity index (χ1n) is 3.15. The summed E-state index contributed by atoms with van der Waals surface area (Å²) in [5, 5.41) is 2.59. The van der Waals surface area contributed by atoms with Gasteiger partial charge in [-0.25, -0.2) is 0 Å². The van der Waals surface area contributed by atoms with Gasteiger partial charge >= 0.3 is 0 Å². The Morgan fingerprint density at radius 1 is 1.90 bits per heavy atom. The third-order valence-electron chi connectivity index (χ3n) is 1.51. The Morgan fingerprint density at radius 2 is 2.60 bits per heavy atom. The molecule has 1 amide bonds. The molecule has 0 fully saturated rings. The molecular weight excluding hydrogens is 147 g/mol. The summed E-state index contributed by atoms with van der Waals surface area (Å²) < 4.78 is 1.90. The lowest BCUT2D eigenvalue weighted by Crippen LogP contribution is -2.36. The van der Waals surface area contributed by atoms with Gasteiger partial charge in [-0.05, 0) is 0 Å². The van der Waals surface area contributed by atoms with E-state index in [-0.39, 0.29) is 11.9 Å². The topological polar surface area (TPSA) is 32.3 Å². The number of nitrogens with zero attached hydrogens (tertiary/aromatic N) is 1. The standard InChI is InChI=1S/C6H11N2OP/c1-7-6(9)5-3-2-4-8(5)10/h2-3,5H,4,10H2,1H3,(H,7,9)/t5-/m1/s1. The summed E-state index contributed by atoms with van der Waals surface area (Å²) in [7, 11) is 4.17. The SMILES string of the molecule is CNC(=O)[C@H]1C=CCN1P. The van der Waals surface area contributed by atoms with Gasteiger partial charge in [0.15, 0.2) is 0 Å². The largest absolute Gasteiger partial charge is 0.358 e. The first-order valence-corrected chi connectivity index (χ1v) is 3.67. The molecular formula is C6H11N2OP. The Morgan fingerprint density at radius 3 is 3.00 bits per heavy atom. The summed E-state index contributed by atoms with van der Waals surface area (Å²) in [6, 6.07) is -0.0880. The Bertz CT molecular complexity index is 169. The van der Waals surface area contributed by atoms with Crippen LogP contribution in [0.4, 0.5) is 0 Å². The van der Waals surface area contributed by atoms with Crippen LogP contribution in [0.3, 0.4) is 0 Å². The molecule has 4 heteroatoms. The second kappa shape index (κ2) is 3.13. The van der Waals surface area contributed by atoms with Crippen LogP contribution in [0.1, 0.15) is 0 Å². The summed E-state index contributed by atoms with van der Waals surface area (Å²) in [4.78, 5) is 11.0. The minimum Gasteiger partial charge on any atom is -0.358 e. The molecule has 1 rings (SSSR count). The molecule has 0 aromatic carbocycles. The summed E-state index contributed by atoms with van der Waals surface area (Å²) in [6.07, 6.45) is 3.87. The van der Waals surface area contributed by atoms with E-state index in [0.717, 1.165) is 6.54 Å². The summed E-state index contributed by atoms with van der Waals surface area (Å²) in [6.45, 7) is 0.836. The Kier molecular flexibility index (Phi) is 2.41. The highest BCUT2D eigenvalue weighted by Gasteiger charge is 2.21. The van der Waals surface area contributed by atoms with Crippen LogP contribution in [0.5, 0.6) is 0 Å². The Hall–Kier alpha value is -0.400. The highest BCUT2D eigenvalue weighted by molar-refractivity contribution is 7.13. The number of carbonyl (C=O) groups excluding carboxylic acids is 1. The minimum atomic E-state index is -0.0880. The molecule has 0 bridgehead atoms. The fourth-order valence-corrected chi connectivity index (χ4v) is 1.28. The van der Waals surface area contributed by atoms with E-state index in [1.165, 1.54) is 0 Å². The lowest BCUT2D eigenvalue weighted by atomic mass is 10.3. The molecule has 0 saturated heterocycles. The molecule has 2 atom stereocenters. The molecule has 3 nitrogen and oxygen atoms in total. The average molecular weight is 158 g/mol. The molecule has 1 unspecified atom stereocenters. The third-order valence-corrected chi connectivity index (χ3v) is 2.04. The van der Waals surface area contributed by atoms with Gasteiger partial charge in [0.2, 0.25) is 5.91 Å². The zero-order chi connectivity index (χ0) is 7.56. The van der Waals surface area contributed by atoms with Gasteiger partial charge in [0.05, 0.1) is 0 Å². The van der Waals surface area contributed by atoms with Crippen molar-refractivity contribution in [3.8, 4) is 0 Å². The van der Waals surface area contributed by atoms with Crippen LogP contribution < -0.4 is 5.32 Å². The molecule has 1 aliphatic heterocycles. The molecule has 0 saturated carbocycles. The fourth-order valence-electron chi connectivity index (χ4n) is 0.921. The molecule has 1 heterocycles. The van der Waals surface area contributed by atoms with Crippen molar-refractivity contribution < 1.29 is 4.79 Å². The van der Waals surface area contributed by atoms with Crippen LogP contribution in [0.2, 0.25) is 0 Å². The second-order valence-corrected chi connectivity index (χ2v) is 2.85. The number of rotatable bonds is 1. The summed E-state index contributed by atoms with van der Waals surface area (Å²) in [5.74, 6) is 0.0451. The van der Waals surface area contributed by atoms with Crippen molar-refractivity contribution in [3.63, 3.8) is 0 Å². The van der Waals surface area contributed by atoms with Crippen molar-refractivity contribution in [1.29, 1.82) is 0 Å². The highest BCUT2D eigenvalue weighted by atomic mass is 31.0. The maximum atomic E-state index is 11.0. The van der Waals surface area contributed by atoms with E-state index in [1.807, 2.05) is 16.8 Å². The van der Waals surface area contributed by atoms with Crippen molar-refractivity contribution in [3.05, 3.63) is 12.2 Å². The smallest absolute Gasteiger partial charge is 0.241 e. The van der Waals surface area contributed by atoms with Crippen molar-refractivity contribution in [2.24, 2.45) is 0 Å². The van der Waals surface area contributed by atoms with Crippen LogP contribution in [-0.2, 0) is 4.79 Å². The lowest BCUT2D eigenvalue weighted by molar-refractivity contribution is -0.122. The van der Waals surface area contributed by atoms with E-state index in [9.17, 15) is 4.79 Å². The van der Waals surface area contributed by atoms with E-state index >= 15 is 0 Å². The van der Waals surface area contributed by atoms with E-state index in [4.69, 9.17) is 0 Å². The van der Waals surface area contributed by atoms with Crippen molar-refractivity contribution in [1.82, 2.24) is 9.99 Å². The molecule has 0 radical (unpaired) electrons. The number of hydrogen-bond donors (Lipinski definition) is 1. The van der Waals surface area contributed by atoms with Crippen LogP contribution in [-0.4, -0.2) is 30.2 Å². The average Bonchev–Trinajstić information content (AvgIpc) is 2.34. The molecule has 10 heavy (non-hydrogen) atoms. The van der Waals surface area contributed by atoms with Gasteiger partial charge in [-0.3, -0.25) is 9.46 Å². The van der Waals surface area contributed by atoms with Gasteiger partial charge < -0.3 is 5.32 Å². The quantitative estimate of drug-likeness (QED) is 0.422. The van der Waals surface area contributed by atoms with Gasteiger partial charge in [-0.1, -0.05) is 21.5 Å². The number of carbonyl (C=O) groups is 1. The monoisotopic (exact) mass is 158 g/mol. The van der Waals surface area contributed by atoms with Crippen LogP contribution >= 0.6 is 9.39 Å². The third kappa shape index (κ3) is 1.36. The van der Waals surface area contributed by atoms with E-state index in [0.29, 0.717) is 0 Å². The Labute approximate surface area is 62.7 Å². The zero-order valence-corrected chi connectivity index (χ0v) is 7.03. The fraction of sp³-hybridized carbons (Fsp3) is 0.500. The van der Waals surface area contributed by atoms with Crippen molar-refractivity contribution in [2.75, 3.05) is 13.6 Å². The van der Waals surface area contributed by atoms with Crippen molar-refractivity contribution in [2.45, 2.75) is 6.04 Å². The minimum absolute atomic E-state index is 0.0451. The predicted octanol–water partition coefficient (Wildman–Crippen LogP) is -0.237. The molecule has 0 aromatic rings. The highest BCUT2D eigenvalue weighted by Crippen LogP contribution is 2.13. The number of nitrogens with one attached hydrogen (secondary N) is 1. The van der Waals surface area contributed by atoms with E-state index in [1.54, 1.807) is 7.05 Å². The van der Waals surface area contributed by atoms with Gasteiger partial charge in [0.25, 0.3) is 0 Å².